The van der Waals surface area contributed by atoms with E-state index in [1.54, 1.807) is 0 Å². The number of hydrogen-bond donors (Lipinski definition) is 1. The smallest absolute Gasteiger partial charge is 0.0951 e. The summed E-state index contributed by atoms with van der Waals surface area (Å²) in [5.74, 6) is 0. The summed E-state index contributed by atoms with van der Waals surface area (Å²) < 4.78 is 2.15. The minimum atomic E-state index is 0.247. The number of benzene rings is 2. The molecular weight excluding hydrogens is 294 g/mol. The first-order valence-corrected chi connectivity index (χ1v) is 8.53. The highest BCUT2D eigenvalue weighted by Gasteiger charge is 2.14. The highest BCUT2D eigenvalue weighted by molar-refractivity contribution is 5.48. The maximum atomic E-state index is 5.91. The van der Waals surface area contributed by atoms with Gasteiger partial charge in [-0.15, -0.1) is 0 Å². The van der Waals surface area contributed by atoms with Gasteiger partial charge in [0.2, 0.25) is 0 Å². The van der Waals surface area contributed by atoms with Crippen molar-refractivity contribution in [3.05, 3.63) is 83.9 Å². The fourth-order valence-corrected chi connectivity index (χ4v) is 2.61. The molecule has 3 aromatic rings. The second-order valence-electron chi connectivity index (χ2n) is 6.04. The first-order chi connectivity index (χ1) is 11.7. The number of rotatable bonds is 4. The first kappa shape index (κ1) is 17.8. The second kappa shape index (κ2) is 8.92. The van der Waals surface area contributed by atoms with Gasteiger partial charge in [0.1, 0.15) is 0 Å². The molecule has 0 amide bonds. The van der Waals surface area contributed by atoms with E-state index in [1.807, 2.05) is 37.8 Å². The van der Waals surface area contributed by atoms with Crippen LogP contribution in [0.1, 0.15) is 43.0 Å². The van der Waals surface area contributed by atoms with Crippen LogP contribution in [0.4, 0.5) is 5.69 Å². The Morgan fingerprint density at radius 3 is 2.38 bits per heavy atom. The van der Waals surface area contributed by atoms with Crippen LogP contribution in [-0.4, -0.2) is 9.55 Å². The lowest BCUT2D eigenvalue weighted by molar-refractivity contribution is 0.580. The number of aromatic nitrogens is 2. The van der Waals surface area contributed by atoms with Crippen molar-refractivity contribution in [2.45, 2.75) is 39.7 Å². The van der Waals surface area contributed by atoms with Crippen LogP contribution in [0.5, 0.6) is 0 Å². The molecule has 0 aliphatic heterocycles. The molecule has 0 spiro atoms. The molecule has 0 saturated carbocycles. The van der Waals surface area contributed by atoms with Crippen molar-refractivity contribution in [1.29, 1.82) is 0 Å². The lowest BCUT2D eigenvalue weighted by Crippen LogP contribution is -2.12. The van der Waals surface area contributed by atoms with E-state index >= 15 is 0 Å². The van der Waals surface area contributed by atoms with Gasteiger partial charge < -0.3 is 10.3 Å². The van der Waals surface area contributed by atoms with Crippen LogP contribution in [0.25, 0.3) is 0 Å². The van der Waals surface area contributed by atoms with E-state index in [0.29, 0.717) is 0 Å². The van der Waals surface area contributed by atoms with Gasteiger partial charge in [-0.05, 0) is 36.1 Å². The molecule has 3 rings (SSSR count). The maximum absolute atomic E-state index is 5.91. The third kappa shape index (κ3) is 4.72. The van der Waals surface area contributed by atoms with Crippen molar-refractivity contribution in [1.82, 2.24) is 9.55 Å². The van der Waals surface area contributed by atoms with Crippen molar-refractivity contribution >= 4 is 5.69 Å². The minimum Gasteiger partial charge on any atom is -0.399 e. The van der Waals surface area contributed by atoms with Crippen molar-refractivity contribution in [2.75, 3.05) is 5.73 Å². The zero-order valence-corrected chi connectivity index (χ0v) is 14.8. The van der Waals surface area contributed by atoms with Crippen LogP contribution in [-0.2, 0) is 6.42 Å². The molecule has 3 heteroatoms. The average molecular weight is 321 g/mol. The normalized spacial score (nSPS) is 11.5. The monoisotopic (exact) mass is 321 g/mol. The number of anilines is 1. The van der Waals surface area contributed by atoms with Gasteiger partial charge in [0.05, 0.1) is 12.4 Å². The zero-order chi connectivity index (χ0) is 17.4. The first-order valence-electron chi connectivity index (χ1n) is 8.53. The molecule has 3 nitrogen and oxygen atoms in total. The van der Waals surface area contributed by atoms with Crippen molar-refractivity contribution < 1.29 is 0 Å². The largest absolute Gasteiger partial charge is 0.399 e. The third-order valence-electron chi connectivity index (χ3n) is 3.83. The van der Waals surface area contributed by atoms with Crippen molar-refractivity contribution in [2.24, 2.45) is 0 Å². The Morgan fingerprint density at radius 1 is 1.08 bits per heavy atom. The fourth-order valence-electron chi connectivity index (χ4n) is 2.61. The molecule has 2 aromatic carbocycles. The second-order valence-corrected chi connectivity index (χ2v) is 6.04. The topological polar surface area (TPSA) is 43.8 Å². The zero-order valence-electron chi connectivity index (χ0n) is 14.8. The molecule has 24 heavy (non-hydrogen) atoms. The average Bonchev–Trinajstić information content (AvgIpc) is 3.11. The van der Waals surface area contributed by atoms with Gasteiger partial charge in [0.15, 0.2) is 0 Å². The molecule has 1 heterocycles. The molecule has 0 aliphatic rings. The van der Waals surface area contributed by atoms with Crippen LogP contribution >= 0.6 is 0 Å². The van der Waals surface area contributed by atoms with Gasteiger partial charge in [-0.25, -0.2) is 4.98 Å². The number of nitrogens with two attached hydrogens (primary N) is 1. The Hall–Kier alpha value is -2.55. The van der Waals surface area contributed by atoms with Crippen LogP contribution in [0.3, 0.4) is 0 Å². The van der Waals surface area contributed by atoms with Crippen LogP contribution < -0.4 is 5.73 Å². The summed E-state index contributed by atoms with van der Waals surface area (Å²) in [5.41, 5.74) is 10.4. The molecule has 1 aromatic heterocycles. The third-order valence-corrected chi connectivity index (χ3v) is 3.83. The van der Waals surface area contributed by atoms with E-state index in [2.05, 4.69) is 59.8 Å². The Bertz CT molecular complexity index is 718. The Balaban J connectivity index is 0.000000647. The summed E-state index contributed by atoms with van der Waals surface area (Å²) in [7, 11) is 0. The van der Waals surface area contributed by atoms with E-state index in [4.69, 9.17) is 5.73 Å². The summed E-state index contributed by atoms with van der Waals surface area (Å²) in [6.07, 6.45) is 7.88. The number of imidazole rings is 1. The van der Waals surface area contributed by atoms with Gasteiger partial charge in [-0.2, -0.15) is 0 Å². The van der Waals surface area contributed by atoms with E-state index in [9.17, 15) is 0 Å². The summed E-state index contributed by atoms with van der Waals surface area (Å²) >= 11 is 0. The van der Waals surface area contributed by atoms with Crippen LogP contribution in [0.15, 0.2) is 67.3 Å². The summed E-state index contributed by atoms with van der Waals surface area (Å²) in [6.45, 7) is 6.30. The quantitative estimate of drug-likeness (QED) is 0.685. The predicted octanol–water partition coefficient (Wildman–Crippen LogP) is 5.02. The SMILES string of the molecule is CCC.Cc1cc(CC(c2ccccc2)n2ccnc2)ccc1N. The number of aryl methyl sites for hydroxylation is 1. The number of nitrogens with zero attached hydrogens (tertiary/aromatic N) is 2. The summed E-state index contributed by atoms with van der Waals surface area (Å²) in [6, 6.07) is 17.0. The molecule has 1 unspecified atom stereocenters. The van der Waals surface area contributed by atoms with E-state index in [1.165, 1.54) is 17.5 Å². The molecule has 0 saturated heterocycles. The Kier molecular flexibility index (Phi) is 6.62. The molecule has 0 bridgehead atoms. The highest BCUT2D eigenvalue weighted by atomic mass is 15.0. The number of hydrogen-bond acceptors (Lipinski definition) is 2. The molecule has 0 fully saturated rings. The number of nitrogen functional groups attached to an aromatic ring is 1. The van der Waals surface area contributed by atoms with Gasteiger partial charge in [-0.1, -0.05) is 62.7 Å². The molecule has 0 aliphatic carbocycles. The molecule has 126 valence electrons. The van der Waals surface area contributed by atoms with Crippen LogP contribution in [0, 0.1) is 6.92 Å². The predicted molar refractivity (Wildman–Crippen MR) is 102 cm³/mol. The molecule has 2 N–H and O–H groups in total. The van der Waals surface area contributed by atoms with E-state index in [-0.39, 0.29) is 6.04 Å². The standard InChI is InChI=1S/C18H19N3.C3H8/c1-14-11-15(7-8-17(14)19)12-18(21-10-9-20-13-21)16-5-3-2-4-6-16;1-3-2/h2-11,13,18H,12,19H2,1H3;3H2,1-2H3. The van der Waals surface area contributed by atoms with Crippen LogP contribution in [0.2, 0.25) is 0 Å². The lowest BCUT2D eigenvalue weighted by Gasteiger charge is -2.19. The Labute approximate surface area is 145 Å². The van der Waals surface area contributed by atoms with Gasteiger partial charge in [-0.3, -0.25) is 0 Å². The molecular formula is C21H27N3. The Morgan fingerprint density at radius 2 is 1.79 bits per heavy atom. The van der Waals surface area contributed by atoms with E-state index < -0.39 is 0 Å². The van der Waals surface area contributed by atoms with Gasteiger partial charge >= 0.3 is 0 Å². The molecule has 0 radical (unpaired) electrons. The van der Waals surface area contributed by atoms with E-state index in [0.717, 1.165) is 17.7 Å². The minimum absolute atomic E-state index is 0.247. The molecule has 1 atom stereocenters. The van der Waals surface area contributed by atoms with Crippen molar-refractivity contribution in [3.8, 4) is 0 Å². The summed E-state index contributed by atoms with van der Waals surface area (Å²) in [5, 5.41) is 0. The van der Waals surface area contributed by atoms with Crippen molar-refractivity contribution in [3.63, 3.8) is 0 Å². The maximum Gasteiger partial charge on any atom is 0.0951 e. The fraction of sp³-hybridized carbons (Fsp3) is 0.286. The highest BCUT2D eigenvalue weighted by Crippen LogP contribution is 2.24. The lowest BCUT2D eigenvalue weighted by atomic mass is 9.97. The van der Waals surface area contributed by atoms with Gasteiger partial charge in [0, 0.05) is 18.1 Å². The summed E-state index contributed by atoms with van der Waals surface area (Å²) in [4.78, 5) is 4.18. The van der Waals surface area contributed by atoms with Gasteiger partial charge in [0.25, 0.3) is 0 Å².